The molecule has 0 fully saturated rings. The number of nitrogens with one attached hydrogen (secondary N) is 1. The highest BCUT2D eigenvalue weighted by Gasteiger charge is 2.30. The van der Waals surface area contributed by atoms with Crippen molar-refractivity contribution in [1.29, 1.82) is 0 Å². The lowest BCUT2D eigenvalue weighted by molar-refractivity contribution is -0.121. The largest absolute Gasteiger partial charge is 0.492 e. The highest BCUT2D eigenvalue weighted by atomic mass is 32.2. The van der Waals surface area contributed by atoms with Gasteiger partial charge in [-0.3, -0.25) is 9.10 Å². The number of rotatable bonds is 9. The summed E-state index contributed by atoms with van der Waals surface area (Å²) in [6, 6.07) is 11.6. The molecule has 0 aliphatic carbocycles. The zero-order chi connectivity index (χ0) is 22.4. The molecular weight excluding hydrogens is 420 g/mol. The molecule has 0 radical (unpaired) electrons. The summed E-state index contributed by atoms with van der Waals surface area (Å²) in [6.45, 7) is 4.96. The standard InChI is InChI=1S/C22H28N2O6S/c1-4-17-5-8-19(9-6-17)28-12-11-23-22(25)16(2)24(31(3,26)27)18-7-10-20-21(15-18)30-14-13-29-20/h5-10,15-16H,4,11-14H2,1-3H3,(H,23,25)/t16-/m1/s1. The van der Waals surface area contributed by atoms with Crippen molar-refractivity contribution >= 4 is 21.6 Å². The molecule has 0 unspecified atom stereocenters. The van der Waals surface area contributed by atoms with Gasteiger partial charge in [0.1, 0.15) is 31.6 Å². The number of benzene rings is 2. The molecule has 9 heteroatoms. The van der Waals surface area contributed by atoms with Gasteiger partial charge in [0.15, 0.2) is 11.5 Å². The molecule has 2 aromatic carbocycles. The Morgan fingerprint density at radius 2 is 1.81 bits per heavy atom. The summed E-state index contributed by atoms with van der Waals surface area (Å²) >= 11 is 0. The Morgan fingerprint density at radius 1 is 1.13 bits per heavy atom. The molecule has 1 aliphatic heterocycles. The van der Waals surface area contributed by atoms with E-state index in [9.17, 15) is 13.2 Å². The number of anilines is 1. The molecule has 1 heterocycles. The lowest BCUT2D eigenvalue weighted by Gasteiger charge is -2.29. The van der Waals surface area contributed by atoms with E-state index in [0.717, 1.165) is 17.0 Å². The Bertz CT molecular complexity index is 1010. The second-order valence-corrected chi connectivity index (χ2v) is 9.06. The Hall–Kier alpha value is -2.94. The van der Waals surface area contributed by atoms with Crippen LogP contribution in [-0.4, -0.2) is 53.0 Å². The second kappa shape index (κ2) is 9.91. The van der Waals surface area contributed by atoms with Crippen LogP contribution in [0.1, 0.15) is 19.4 Å². The maximum Gasteiger partial charge on any atom is 0.243 e. The number of aryl methyl sites for hydroxylation is 1. The number of hydrogen-bond acceptors (Lipinski definition) is 6. The average Bonchev–Trinajstić information content (AvgIpc) is 2.76. The lowest BCUT2D eigenvalue weighted by atomic mass is 10.2. The van der Waals surface area contributed by atoms with E-state index in [0.29, 0.717) is 36.1 Å². The van der Waals surface area contributed by atoms with Crippen molar-refractivity contribution in [3.63, 3.8) is 0 Å². The number of ether oxygens (including phenoxy) is 3. The van der Waals surface area contributed by atoms with Crippen LogP contribution >= 0.6 is 0 Å². The minimum absolute atomic E-state index is 0.247. The van der Waals surface area contributed by atoms with Crippen molar-refractivity contribution in [1.82, 2.24) is 5.32 Å². The molecular formula is C22H28N2O6S. The van der Waals surface area contributed by atoms with Gasteiger partial charge in [-0.15, -0.1) is 0 Å². The van der Waals surface area contributed by atoms with E-state index in [-0.39, 0.29) is 13.2 Å². The molecule has 0 bridgehead atoms. The number of hydrogen-bond donors (Lipinski definition) is 1. The van der Waals surface area contributed by atoms with Crippen LogP contribution < -0.4 is 23.8 Å². The summed E-state index contributed by atoms with van der Waals surface area (Å²) < 4.78 is 42.7. The molecule has 1 atom stereocenters. The van der Waals surface area contributed by atoms with Crippen LogP contribution in [0.5, 0.6) is 17.2 Å². The molecule has 1 N–H and O–H groups in total. The predicted octanol–water partition coefficient (Wildman–Crippen LogP) is 2.37. The normalized spacial score (nSPS) is 13.9. The molecule has 8 nitrogen and oxygen atoms in total. The minimum Gasteiger partial charge on any atom is -0.492 e. The van der Waals surface area contributed by atoms with E-state index in [1.54, 1.807) is 18.2 Å². The fourth-order valence-corrected chi connectivity index (χ4v) is 4.46. The van der Waals surface area contributed by atoms with E-state index >= 15 is 0 Å². The quantitative estimate of drug-likeness (QED) is 0.592. The first-order valence-corrected chi connectivity index (χ1v) is 12.0. The number of nitrogens with zero attached hydrogens (tertiary/aromatic N) is 1. The average molecular weight is 449 g/mol. The number of sulfonamides is 1. The zero-order valence-corrected chi connectivity index (χ0v) is 18.8. The van der Waals surface area contributed by atoms with Crippen LogP contribution in [0, 0.1) is 0 Å². The first-order valence-electron chi connectivity index (χ1n) is 10.2. The van der Waals surface area contributed by atoms with Gasteiger partial charge < -0.3 is 19.5 Å². The molecule has 0 saturated heterocycles. The predicted molar refractivity (Wildman–Crippen MR) is 119 cm³/mol. The van der Waals surface area contributed by atoms with Crippen LogP contribution in [0.3, 0.4) is 0 Å². The van der Waals surface area contributed by atoms with Crippen molar-refractivity contribution in [3.8, 4) is 17.2 Å². The summed E-state index contributed by atoms with van der Waals surface area (Å²) in [5.41, 5.74) is 1.55. The monoisotopic (exact) mass is 448 g/mol. The molecule has 1 aliphatic rings. The van der Waals surface area contributed by atoms with Crippen molar-refractivity contribution in [2.45, 2.75) is 26.3 Å². The van der Waals surface area contributed by atoms with Gasteiger partial charge in [0.25, 0.3) is 0 Å². The van der Waals surface area contributed by atoms with Gasteiger partial charge in [-0.2, -0.15) is 0 Å². The molecule has 1 amide bonds. The third kappa shape index (κ3) is 5.81. The summed E-state index contributed by atoms with van der Waals surface area (Å²) in [7, 11) is -3.72. The van der Waals surface area contributed by atoms with E-state index in [2.05, 4.69) is 12.2 Å². The molecule has 3 rings (SSSR count). The first-order chi connectivity index (χ1) is 14.8. The van der Waals surface area contributed by atoms with Crippen LogP contribution in [0.4, 0.5) is 5.69 Å². The minimum atomic E-state index is -3.72. The Kier molecular flexibility index (Phi) is 7.27. The van der Waals surface area contributed by atoms with Gasteiger partial charge in [-0.1, -0.05) is 19.1 Å². The van der Waals surface area contributed by atoms with Gasteiger partial charge in [0.2, 0.25) is 15.9 Å². The van der Waals surface area contributed by atoms with E-state index < -0.39 is 22.0 Å². The fourth-order valence-electron chi connectivity index (χ4n) is 3.29. The van der Waals surface area contributed by atoms with E-state index in [4.69, 9.17) is 14.2 Å². The number of carbonyl (C=O) groups excluding carboxylic acids is 1. The Balaban J connectivity index is 1.61. The Labute approximate surface area is 183 Å². The van der Waals surface area contributed by atoms with Crippen molar-refractivity contribution in [2.24, 2.45) is 0 Å². The van der Waals surface area contributed by atoms with Gasteiger partial charge >= 0.3 is 0 Å². The van der Waals surface area contributed by atoms with Crippen LogP contribution in [0.25, 0.3) is 0 Å². The lowest BCUT2D eigenvalue weighted by Crippen LogP contribution is -2.48. The van der Waals surface area contributed by atoms with Crippen LogP contribution in [0.15, 0.2) is 42.5 Å². The van der Waals surface area contributed by atoms with Crippen LogP contribution in [-0.2, 0) is 21.2 Å². The van der Waals surface area contributed by atoms with Crippen molar-refractivity contribution in [3.05, 3.63) is 48.0 Å². The Morgan fingerprint density at radius 3 is 2.45 bits per heavy atom. The zero-order valence-electron chi connectivity index (χ0n) is 18.0. The highest BCUT2D eigenvalue weighted by molar-refractivity contribution is 7.92. The summed E-state index contributed by atoms with van der Waals surface area (Å²) in [6.07, 6.45) is 2.02. The number of fused-ring (bicyclic) bond motifs is 1. The maximum absolute atomic E-state index is 12.7. The third-order valence-electron chi connectivity index (χ3n) is 4.87. The van der Waals surface area contributed by atoms with Crippen molar-refractivity contribution in [2.75, 3.05) is 36.9 Å². The topological polar surface area (TPSA) is 94.2 Å². The molecule has 31 heavy (non-hydrogen) atoms. The maximum atomic E-state index is 12.7. The molecule has 168 valence electrons. The van der Waals surface area contributed by atoms with E-state index in [1.165, 1.54) is 12.5 Å². The summed E-state index contributed by atoms with van der Waals surface area (Å²) in [4.78, 5) is 12.7. The van der Waals surface area contributed by atoms with Crippen LogP contribution in [0.2, 0.25) is 0 Å². The number of amides is 1. The van der Waals surface area contributed by atoms with Gasteiger partial charge in [0.05, 0.1) is 18.5 Å². The SMILES string of the molecule is CCc1ccc(OCCNC(=O)[C@@H](C)N(c2ccc3c(c2)OCCO3)S(C)(=O)=O)cc1. The third-order valence-corrected chi connectivity index (χ3v) is 6.11. The summed E-state index contributed by atoms with van der Waals surface area (Å²) in [5.74, 6) is 1.29. The highest BCUT2D eigenvalue weighted by Crippen LogP contribution is 2.35. The van der Waals surface area contributed by atoms with Gasteiger partial charge in [-0.05, 0) is 43.2 Å². The van der Waals surface area contributed by atoms with Crippen molar-refractivity contribution < 1.29 is 27.4 Å². The summed E-state index contributed by atoms with van der Waals surface area (Å²) in [5, 5.41) is 2.73. The second-order valence-electron chi connectivity index (χ2n) is 7.20. The molecule has 0 aromatic heterocycles. The molecule has 0 spiro atoms. The molecule has 0 saturated carbocycles. The van der Waals surface area contributed by atoms with Gasteiger partial charge in [0, 0.05) is 6.07 Å². The van der Waals surface area contributed by atoms with E-state index in [1.807, 2.05) is 24.3 Å². The smallest absolute Gasteiger partial charge is 0.243 e. The van der Waals surface area contributed by atoms with Gasteiger partial charge in [-0.25, -0.2) is 8.42 Å². The fraction of sp³-hybridized carbons (Fsp3) is 0.409. The molecule has 2 aromatic rings. The first kappa shape index (κ1) is 22.7. The number of carbonyl (C=O) groups is 1.